The molecule has 1 heterocycles. The van der Waals surface area contributed by atoms with Crippen molar-refractivity contribution >= 4 is 21.3 Å². The first kappa shape index (κ1) is 17.9. The first-order valence-electron chi connectivity index (χ1n) is 7.38. The van der Waals surface area contributed by atoms with E-state index in [2.05, 4.69) is 4.36 Å². The van der Waals surface area contributed by atoms with E-state index in [0.717, 1.165) is 11.3 Å². The molecule has 6 nitrogen and oxygen atoms in total. The topological polar surface area (TPSA) is 71.7 Å². The van der Waals surface area contributed by atoms with Gasteiger partial charge in [0.25, 0.3) is 11.5 Å². The quantitative estimate of drug-likeness (QED) is 0.847. The molecule has 0 aliphatic carbocycles. The van der Waals surface area contributed by atoms with Crippen molar-refractivity contribution in [3.8, 4) is 0 Å². The Hall–Kier alpha value is -2.41. The second-order valence-electron chi connectivity index (χ2n) is 5.85. The lowest BCUT2D eigenvalue weighted by atomic mass is 10.3. The Bertz CT molecular complexity index is 921. The van der Waals surface area contributed by atoms with Crippen LogP contribution in [0.2, 0.25) is 0 Å². The predicted octanol–water partition coefficient (Wildman–Crippen LogP) is 1.91. The summed E-state index contributed by atoms with van der Waals surface area (Å²) in [6.07, 6.45) is 2.96. The molecule has 0 saturated heterocycles. The molecule has 0 spiro atoms. The van der Waals surface area contributed by atoms with Crippen LogP contribution in [0.1, 0.15) is 5.56 Å². The number of hydrogen-bond donors (Lipinski definition) is 0. The Balaban J connectivity index is 2.25. The molecule has 24 heavy (non-hydrogen) atoms. The second-order valence-corrected chi connectivity index (χ2v) is 8.11. The van der Waals surface area contributed by atoms with E-state index in [1.54, 1.807) is 25.1 Å². The first-order valence-corrected chi connectivity index (χ1v) is 9.31. The molecule has 128 valence electrons. The monoisotopic (exact) mass is 347 g/mol. The Labute approximate surface area is 141 Å². The summed E-state index contributed by atoms with van der Waals surface area (Å²) in [5, 5.41) is 0. The smallest absolute Gasteiger partial charge is 0.274 e. The average molecular weight is 347 g/mol. The number of anilines is 1. The predicted molar refractivity (Wildman–Crippen MR) is 96.0 cm³/mol. The molecule has 1 aromatic carbocycles. The number of carbonyl (C=O) groups excluding carboxylic acids is 1. The van der Waals surface area contributed by atoms with Gasteiger partial charge >= 0.3 is 0 Å². The van der Waals surface area contributed by atoms with Crippen molar-refractivity contribution in [2.24, 2.45) is 4.36 Å². The van der Waals surface area contributed by atoms with Crippen LogP contribution >= 0.6 is 0 Å². The third-order valence-electron chi connectivity index (χ3n) is 3.52. The van der Waals surface area contributed by atoms with Gasteiger partial charge in [-0.25, -0.2) is 4.21 Å². The highest BCUT2D eigenvalue weighted by atomic mass is 32.2. The third-order valence-corrected chi connectivity index (χ3v) is 5.22. The Morgan fingerprint density at radius 1 is 1.21 bits per heavy atom. The van der Waals surface area contributed by atoms with Crippen LogP contribution in [0.5, 0.6) is 0 Å². The molecule has 0 saturated carbocycles. The second kappa shape index (κ2) is 7.00. The molecule has 7 heteroatoms. The van der Waals surface area contributed by atoms with Gasteiger partial charge in [-0.1, -0.05) is 0 Å². The fourth-order valence-corrected chi connectivity index (χ4v) is 3.35. The molecule has 0 unspecified atom stereocenters. The van der Waals surface area contributed by atoms with E-state index >= 15 is 0 Å². The van der Waals surface area contributed by atoms with Gasteiger partial charge in [-0.3, -0.25) is 9.59 Å². The van der Waals surface area contributed by atoms with Crippen LogP contribution in [0.3, 0.4) is 0 Å². The molecule has 0 N–H and O–H groups in total. The van der Waals surface area contributed by atoms with Crippen molar-refractivity contribution in [2.45, 2.75) is 18.4 Å². The average Bonchev–Trinajstić information content (AvgIpc) is 2.49. The molecule has 0 aliphatic heterocycles. The maximum absolute atomic E-state index is 12.7. The largest absolute Gasteiger partial charge is 0.378 e. The lowest BCUT2D eigenvalue weighted by molar-refractivity contribution is -0.118. The molecule has 0 bridgehead atoms. The molecule has 2 rings (SSSR count). The summed E-state index contributed by atoms with van der Waals surface area (Å²) in [5.41, 5.74) is 1.50. The van der Waals surface area contributed by atoms with Crippen molar-refractivity contribution in [3.05, 3.63) is 58.5 Å². The van der Waals surface area contributed by atoms with Gasteiger partial charge in [0, 0.05) is 43.2 Å². The summed E-state index contributed by atoms with van der Waals surface area (Å²) in [6.45, 7) is 1.58. The SMILES string of the molecule is Cc1ccn(CC(=O)N=[S@](C)(=O)c2ccc(N(C)C)cc2)c(=O)c1. The fraction of sp³-hybridized carbons (Fsp3) is 0.294. The minimum atomic E-state index is -2.85. The minimum Gasteiger partial charge on any atom is -0.378 e. The number of aryl methyl sites for hydroxylation is 1. The Kier molecular flexibility index (Phi) is 5.23. The molecule has 1 amide bonds. The lowest BCUT2D eigenvalue weighted by Gasteiger charge is -2.13. The minimum absolute atomic E-state index is 0.222. The standard InChI is InChI=1S/C17H21N3O3S/c1-13-9-10-20(17(22)11-13)12-16(21)18-24(4,23)15-7-5-14(6-8-15)19(2)3/h5-11H,12H2,1-4H3/t24-/m1/s1. The maximum Gasteiger partial charge on any atom is 0.274 e. The van der Waals surface area contributed by atoms with Gasteiger partial charge in [-0.2, -0.15) is 4.36 Å². The summed E-state index contributed by atoms with van der Waals surface area (Å²) in [7, 11) is 0.965. The molecule has 1 atom stereocenters. The van der Waals surface area contributed by atoms with Crippen LogP contribution < -0.4 is 10.5 Å². The van der Waals surface area contributed by atoms with Crippen molar-refractivity contribution in [1.29, 1.82) is 0 Å². The zero-order valence-electron chi connectivity index (χ0n) is 14.2. The summed E-state index contributed by atoms with van der Waals surface area (Å²) < 4.78 is 17.8. The van der Waals surface area contributed by atoms with Crippen LogP contribution in [0.15, 0.2) is 56.6 Å². The number of amides is 1. The molecular weight excluding hydrogens is 326 g/mol. The summed E-state index contributed by atoms with van der Waals surface area (Å²) >= 11 is 0. The van der Waals surface area contributed by atoms with Crippen LogP contribution in [0.25, 0.3) is 0 Å². The number of nitrogens with zero attached hydrogens (tertiary/aromatic N) is 3. The summed E-state index contributed by atoms with van der Waals surface area (Å²) in [5.74, 6) is -0.592. The Morgan fingerprint density at radius 2 is 1.83 bits per heavy atom. The Morgan fingerprint density at radius 3 is 2.38 bits per heavy atom. The van der Waals surface area contributed by atoms with E-state index in [9.17, 15) is 13.8 Å². The van der Waals surface area contributed by atoms with Crippen molar-refractivity contribution in [2.75, 3.05) is 25.3 Å². The highest BCUT2D eigenvalue weighted by Gasteiger charge is 2.11. The number of aromatic nitrogens is 1. The van der Waals surface area contributed by atoms with E-state index in [-0.39, 0.29) is 12.1 Å². The number of carbonyl (C=O) groups is 1. The van der Waals surface area contributed by atoms with Crippen LogP contribution in [0, 0.1) is 6.92 Å². The number of pyridine rings is 1. The molecule has 2 aromatic rings. The van der Waals surface area contributed by atoms with E-state index < -0.39 is 15.6 Å². The zero-order chi connectivity index (χ0) is 17.9. The summed E-state index contributed by atoms with van der Waals surface area (Å²) in [6, 6.07) is 10.2. The molecular formula is C17H21N3O3S. The first-order chi connectivity index (χ1) is 11.2. The fourth-order valence-electron chi connectivity index (χ4n) is 2.16. The summed E-state index contributed by atoms with van der Waals surface area (Å²) in [4.78, 5) is 26.3. The van der Waals surface area contributed by atoms with Gasteiger partial charge in [-0.05, 0) is 42.8 Å². The molecule has 0 radical (unpaired) electrons. The van der Waals surface area contributed by atoms with Gasteiger partial charge in [0.05, 0.1) is 9.73 Å². The maximum atomic E-state index is 12.7. The highest BCUT2D eigenvalue weighted by Crippen LogP contribution is 2.17. The van der Waals surface area contributed by atoms with E-state index in [1.807, 2.05) is 31.1 Å². The van der Waals surface area contributed by atoms with Crippen molar-refractivity contribution < 1.29 is 9.00 Å². The van der Waals surface area contributed by atoms with Gasteiger partial charge in [0.1, 0.15) is 6.54 Å². The van der Waals surface area contributed by atoms with Gasteiger partial charge in [0.15, 0.2) is 0 Å². The lowest BCUT2D eigenvalue weighted by Crippen LogP contribution is -2.23. The van der Waals surface area contributed by atoms with E-state index in [4.69, 9.17) is 0 Å². The van der Waals surface area contributed by atoms with Crippen LogP contribution in [0.4, 0.5) is 5.69 Å². The molecule has 0 fully saturated rings. The van der Waals surface area contributed by atoms with E-state index in [1.165, 1.54) is 23.1 Å². The number of benzene rings is 1. The van der Waals surface area contributed by atoms with Gasteiger partial charge in [0.2, 0.25) is 0 Å². The van der Waals surface area contributed by atoms with Crippen molar-refractivity contribution in [3.63, 3.8) is 0 Å². The zero-order valence-corrected chi connectivity index (χ0v) is 15.0. The van der Waals surface area contributed by atoms with E-state index in [0.29, 0.717) is 4.90 Å². The highest BCUT2D eigenvalue weighted by molar-refractivity contribution is 7.93. The van der Waals surface area contributed by atoms with Gasteiger partial charge < -0.3 is 9.47 Å². The molecule has 1 aromatic heterocycles. The number of hydrogen-bond acceptors (Lipinski definition) is 4. The van der Waals surface area contributed by atoms with Crippen LogP contribution in [-0.4, -0.2) is 35.0 Å². The van der Waals surface area contributed by atoms with Gasteiger partial charge in [-0.15, -0.1) is 0 Å². The van der Waals surface area contributed by atoms with Crippen LogP contribution in [-0.2, 0) is 21.1 Å². The normalized spacial score (nSPS) is 13.2. The third kappa shape index (κ3) is 4.32. The van der Waals surface area contributed by atoms with Crippen molar-refractivity contribution in [1.82, 2.24) is 4.57 Å². The number of rotatable bonds is 4. The molecule has 0 aliphatic rings.